The predicted octanol–water partition coefficient (Wildman–Crippen LogP) is 0.562. The Kier molecular flexibility index (Phi) is 7.98. The molecular formula is C20H22F2N10O8P2S3. The third-order valence-corrected chi connectivity index (χ3v) is 11.8. The lowest BCUT2D eigenvalue weighted by atomic mass is 10.1. The number of nitrogens with zero attached hydrogens (tertiary/aromatic N) is 7. The van der Waals surface area contributed by atoms with Crippen LogP contribution in [0.5, 0.6) is 0 Å². The van der Waals surface area contributed by atoms with Gasteiger partial charge in [-0.25, -0.2) is 23.4 Å². The third-order valence-electron chi connectivity index (χ3n) is 7.21. The standard InChI is InChI=1S/C20H22F2N10O8P2S3/c21-9-8-4-37-42(35,44)39-13-7(38-18(10(13)22)31-5-26-11-6(23)1-2-25-15(11)31)3-36-41(34,43)40-14(9)19(45-8)32-16-12(29-30-32)17(33)28-20(24)27-16/h1-2,5,7-10,13-14,18-19H,3-4H2,(H2,23,25)(H,34,43)(H,35,44)(H3,24,27,28,33)/t7-,8-,9-,10+,13-,14-,18-,19-,41?,42?/m1/s1. The van der Waals surface area contributed by atoms with Gasteiger partial charge >= 0.3 is 13.4 Å². The highest BCUT2D eigenvalue weighted by molar-refractivity contribution is 8.07. The molecule has 0 aromatic carbocycles. The lowest BCUT2D eigenvalue weighted by molar-refractivity contribution is -0.0441. The quantitative estimate of drug-likeness (QED) is 0.177. The number of imidazole rings is 1. The van der Waals surface area contributed by atoms with Gasteiger partial charge in [-0.3, -0.25) is 23.4 Å². The number of aromatic nitrogens is 8. The van der Waals surface area contributed by atoms with Crippen LogP contribution in [0.15, 0.2) is 23.4 Å². The molecule has 7 N–H and O–H groups in total. The van der Waals surface area contributed by atoms with Crippen molar-refractivity contribution >= 4 is 82.8 Å². The van der Waals surface area contributed by atoms with E-state index in [1.807, 2.05) is 0 Å². The molecule has 2 bridgehead atoms. The first kappa shape index (κ1) is 31.3. The number of fused-ring (bicyclic) bond motifs is 5. The lowest BCUT2D eigenvalue weighted by Crippen LogP contribution is -2.34. The summed E-state index contributed by atoms with van der Waals surface area (Å²) >= 11 is 11.2. The SMILES string of the molecule is Nc1nc2c(nnn2[C@@H]2S[C@@H]3COP(O)(=S)O[C@H]4[C@H](F)[C@H](n5cnc6c(N)ccnc65)O[C@@H]4COP(O)(=S)O[C@@H]2[C@@H]3F)c(=O)[nH]1. The average Bonchev–Trinajstić information content (AvgIpc) is 3.72. The number of hydrogen-bond acceptors (Lipinski definition) is 16. The van der Waals surface area contributed by atoms with Crippen LogP contribution in [0.4, 0.5) is 20.4 Å². The van der Waals surface area contributed by atoms with Crippen molar-refractivity contribution in [3.63, 3.8) is 0 Å². The van der Waals surface area contributed by atoms with E-state index in [0.717, 1.165) is 16.4 Å². The van der Waals surface area contributed by atoms with Gasteiger partial charge in [0.25, 0.3) is 5.56 Å². The molecule has 7 rings (SSSR count). The maximum atomic E-state index is 16.0. The number of aromatic amines is 1. The van der Waals surface area contributed by atoms with Gasteiger partial charge in [0.05, 0.1) is 30.5 Å². The highest BCUT2D eigenvalue weighted by Gasteiger charge is 2.53. The van der Waals surface area contributed by atoms with Crippen molar-refractivity contribution in [2.75, 3.05) is 24.7 Å². The number of alkyl halides is 2. The second kappa shape index (κ2) is 11.5. The fraction of sp³-hybridized carbons (Fsp3) is 0.500. The van der Waals surface area contributed by atoms with Crippen molar-refractivity contribution in [2.24, 2.45) is 0 Å². The summed E-state index contributed by atoms with van der Waals surface area (Å²) in [6.07, 6.45) is -7.11. The summed E-state index contributed by atoms with van der Waals surface area (Å²) in [6.45, 7) is -9.72. The van der Waals surface area contributed by atoms with Crippen LogP contribution in [-0.4, -0.2) is 98.4 Å². The Morgan fingerprint density at radius 3 is 2.56 bits per heavy atom. The number of rotatable bonds is 2. The smallest absolute Gasteiger partial charge is 0.325 e. The van der Waals surface area contributed by atoms with Gasteiger partial charge in [-0.05, 0) is 29.7 Å². The van der Waals surface area contributed by atoms with Crippen LogP contribution in [0.3, 0.4) is 0 Å². The van der Waals surface area contributed by atoms with E-state index >= 15 is 8.78 Å². The Labute approximate surface area is 264 Å². The number of anilines is 2. The van der Waals surface area contributed by atoms with Crippen molar-refractivity contribution in [1.82, 2.24) is 39.5 Å². The van der Waals surface area contributed by atoms with Gasteiger partial charge in [-0.15, -0.1) is 16.9 Å². The van der Waals surface area contributed by atoms with E-state index in [-0.39, 0.29) is 22.8 Å². The minimum absolute atomic E-state index is 0.0921. The van der Waals surface area contributed by atoms with E-state index in [1.54, 1.807) is 0 Å². The minimum Gasteiger partial charge on any atom is -0.397 e. The van der Waals surface area contributed by atoms with Gasteiger partial charge in [-0.1, -0.05) is 5.21 Å². The zero-order valence-electron chi connectivity index (χ0n) is 22.3. The number of nitrogens with two attached hydrogens (primary N) is 2. The number of halogens is 2. The predicted molar refractivity (Wildman–Crippen MR) is 161 cm³/mol. The van der Waals surface area contributed by atoms with Gasteiger partial charge in [0.15, 0.2) is 29.2 Å². The van der Waals surface area contributed by atoms with Gasteiger partial charge in [0.2, 0.25) is 5.95 Å². The molecule has 18 nitrogen and oxygen atoms in total. The summed E-state index contributed by atoms with van der Waals surface area (Å²) in [5, 5.41) is 5.48. The Balaban J connectivity index is 1.21. The molecule has 3 aliphatic rings. The van der Waals surface area contributed by atoms with E-state index in [4.69, 9.17) is 57.9 Å². The fourth-order valence-electron chi connectivity index (χ4n) is 5.19. The number of H-pyrrole nitrogens is 1. The number of nitrogen functional groups attached to an aromatic ring is 2. The topological polar surface area (TPSA) is 246 Å². The van der Waals surface area contributed by atoms with E-state index in [9.17, 15) is 14.6 Å². The van der Waals surface area contributed by atoms with Crippen LogP contribution in [0, 0.1) is 0 Å². The molecule has 7 heterocycles. The van der Waals surface area contributed by atoms with E-state index in [0.29, 0.717) is 11.2 Å². The molecule has 3 aliphatic heterocycles. The molecule has 0 amide bonds. The summed E-state index contributed by atoms with van der Waals surface area (Å²) < 4.78 is 62.5. The fourth-order valence-corrected chi connectivity index (χ4v) is 9.67. The van der Waals surface area contributed by atoms with Crippen LogP contribution < -0.4 is 17.0 Å². The summed E-state index contributed by atoms with van der Waals surface area (Å²) in [7, 11) is 0. The molecule has 3 saturated heterocycles. The molecule has 4 aromatic rings. The summed E-state index contributed by atoms with van der Waals surface area (Å²) in [6, 6.07) is 1.52. The van der Waals surface area contributed by atoms with Crippen LogP contribution in [0.1, 0.15) is 11.6 Å². The Bertz CT molecular complexity index is 1950. The Hall–Kier alpha value is -2.27. The third kappa shape index (κ3) is 5.68. The molecule has 0 aliphatic carbocycles. The molecular weight excluding hydrogens is 704 g/mol. The zero-order chi connectivity index (χ0) is 31.8. The maximum absolute atomic E-state index is 16.0. The minimum atomic E-state index is -4.30. The first-order valence-corrected chi connectivity index (χ1v) is 19.0. The van der Waals surface area contributed by atoms with Crippen LogP contribution >= 0.6 is 25.2 Å². The molecule has 0 spiro atoms. The van der Waals surface area contributed by atoms with E-state index < -0.39 is 79.7 Å². The Morgan fingerprint density at radius 1 is 1.04 bits per heavy atom. The molecule has 3 fully saturated rings. The van der Waals surface area contributed by atoms with Crippen molar-refractivity contribution in [1.29, 1.82) is 0 Å². The van der Waals surface area contributed by atoms with E-state index in [2.05, 4.69) is 30.2 Å². The molecule has 2 unspecified atom stereocenters. The molecule has 10 atom stereocenters. The molecule has 45 heavy (non-hydrogen) atoms. The van der Waals surface area contributed by atoms with Gasteiger partial charge < -0.3 is 35.0 Å². The molecule has 0 radical (unpaired) electrons. The van der Waals surface area contributed by atoms with E-state index in [1.165, 1.54) is 23.2 Å². The number of ether oxygens (including phenoxy) is 1. The highest BCUT2D eigenvalue weighted by Crippen LogP contribution is 2.57. The monoisotopic (exact) mass is 726 g/mol. The molecule has 4 aromatic heterocycles. The molecule has 0 saturated carbocycles. The first-order valence-electron chi connectivity index (χ1n) is 12.9. The first-order chi connectivity index (χ1) is 21.3. The summed E-state index contributed by atoms with van der Waals surface area (Å²) in [5.41, 5.74) is 11.5. The van der Waals surface area contributed by atoms with Crippen LogP contribution in [0.25, 0.3) is 22.3 Å². The van der Waals surface area contributed by atoms with Crippen LogP contribution in [-0.2, 0) is 46.4 Å². The van der Waals surface area contributed by atoms with Crippen molar-refractivity contribution in [3.8, 4) is 0 Å². The largest absolute Gasteiger partial charge is 0.397 e. The summed E-state index contributed by atoms with van der Waals surface area (Å²) in [5.74, 6) is -0.248. The Morgan fingerprint density at radius 2 is 1.78 bits per heavy atom. The van der Waals surface area contributed by atoms with Gasteiger partial charge in [-0.2, -0.15) is 4.98 Å². The molecule has 242 valence electrons. The summed E-state index contributed by atoms with van der Waals surface area (Å²) in [4.78, 5) is 49.0. The zero-order valence-corrected chi connectivity index (χ0v) is 26.5. The number of pyridine rings is 1. The van der Waals surface area contributed by atoms with Crippen molar-refractivity contribution in [2.45, 2.75) is 47.5 Å². The molecule has 25 heteroatoms. The lowest BCUT2D eigenvalue weighted by Gasteiger charge is -2.27. The average molecular weight is 727 g/mol. The van der Waals surface area contributed by atoms with Crippen molar-refractivity contribution in [3.05, 3.63) is 28.9 Å². The second-order valence-corrected chi connectivity index (χ2v) is 17.0. The second-order valence-electron chi connectivity index (χ2n) is 10.1. The number of thioether (sulfide) groups is 1. The highest BCUT2D eigenvalue weighted by atomic mass is 32.5. The number of hydrogen-bond donors (Lipinski definition) is 5. The van der Waals surface area contributed by atoms with Crippen molar-refractivity contribution < 1.29 is 41.4 Å². The normalized spacial score (nSPS) is 37.7. The maximum Gasteiger partial charge on any atom is 0.325 e. The van der Waals surface area contributed by atoms with Gasteiger partial charge in [0, 0.05) is 6.20 Å². The van der Waals surface area contributed by atoms with Crippen LogP contribution in [0.2, 0.25) is 0 Å². The number of nitrogens with one attached hydrogen (secondary N) is 1. The van der Waals surface area contributed by atoms with Gasteiger partial charge in [0.1, 0.15) is 35.4 Å².